The number of oxime groups is 1. The Morgan fingerprint density at radius 3 is 2.61 bits per heavy atom. The molecule has 0 spiro atoms. The third-order valence-corrected chi connectivity index (χ3v) is 6.98. The average Bonchev–Trinajstić information content (AvgIpc) is 3.15. The van der Waals surface area contributed by atoms with E-state index in [-0.39, 0.29) is 17.2 Å². The highest BCUT2D eigenvalue weighted by Gasteiger charge is 2.64. The number of thioether (sulfide) groups is 1. The Hall–Kier alpha value is -2.55. The van der Waals surface area contributed by atoms with E-state index in [1.54, 1.807) is 20.8 Å². The molecular weight excluding hydrogens is 382 g/mol. The van der Waals surface area contributed by atoms with Gasteiger partial charge >= 0.3 is 5.97 Å². The lowest BCUT2D eigenvalue weighted by atomic mass is 9.91. The Kier molecular flexibility index (Phi) is 4.37. The van der Waals surface area contributed by atoms with E-state index in [4.69, 9.17) is 4.84 Å². The van der Waals surface area contributed by atoms with E-state index in [1.165, 1.54) is 16.7 Å². The summed E-state index contributed by atoms with van der Waals surface area (Å²) in [7, 11) is 0. The first-order chi connectivity index (χ1) is 13.2. The Bertz CT molecular complexity index is 872. The van der Waals surface area contributed by atoms with E-state index in [2.05, 4.69) is 10.5 Å². The summed E-state index contributed by atoms with van der Waals surface area (Å²) < 4.78 is -0.633. The molecule has 3 aliphatic rings. The smallest absolute Gasteiger partial charge is 0.327 e. The van der Waals surface area contributed by atoms with Crippen molar-refractivity contribution in [2.24, 2.45) is 11.1 Å². The van der Waals surface area contributed by atoms with Gasteiger partial charge in [0.1, 0.15) is 35.2 Å². The molecule has 3 aliphatic heterocycles. The van der Waals surface area contributed by atoms with Gasteiger partial charge in [-0.25, -0.2) is 4.79 Å². The van der Waals surface area contributed by atoms with Gasteiger partial charge in [-0.3, -0.25) is 9.59 Å². The highest BCUT2D eigenvalue weighted by molar-refractivity contribution is 8.01. The molecule has 1 aromatic carbocycles. The molecule has 9 heteroatoms. The van der Waals surface area contributed by atoms with Crippen molar-refractivity contribution in [3.8, 4) is 0 Å². The van der Waals surface area contributed by atoms with Crippen LogP contribution in [0.3, 0.4) is 0 Å². The molecule has 8 nitrogen and oxygen atoms in total. The molecule has 28 heavy (non-hydrogen) atoms. The molecule has 2 N–H and O–H groups in total. The molecule has 1 aromatic rings. The molecule has 148 valence electrons. The number of carbonyl (C=O) groups excluding carboxylic acids is 2. The van der Waals surface area contributed by atoms with Gasteiger partial charge in [0.2, 0.25) is 11.8 Å². The first-order valence-electron chi connectivity index (χ1n) is 9.04. The van der Waals surface area contributed by atoms with Crippen LogP contribution in [0.25, 0.3) is 0 Å². The van der Waals surface area contributed by atoms with Crippen LogP contribution >= 0.6 is 11.8 Å². The molecule has 0 saturated carbocycles. The predicted octanol–water partition coefficient (Wildman–Crippen LogP) is 1.06. The lowest BCUT2D eigenvalue weighted by Crippen LogP contribution is -2.71. The summed E-state index contributed by atoms with van der Waals surface area (Å²) in [6, 6.07) is 7.63. The number of carboxylic acids is 1. The number of β-lactam (4-membered cyclic amide) rings is 1. The van der Waals surface area contributed by atoms with Crippen molar-refractivity contribution in [2.45, 2.75) is 49.1 Å². The quantitative estimate of drug-likeness (QED) is 0.728. The first-order valence-corrected chi connectivity index (χ1v) is 9.92. The van der Waals surface area contributed by atoms with E-state index >= 15 is 0 Å². The fraction of sp³-hybridized carbons (Fsp3) is 0.474. The molecule has 3 heterocycles. The maximum Gasteiger partial charge on any atom is 0.327 e. The zero-order chi connectivity index (χ0) is 20.2. The molecule has 2 unspecified atom stereocenters. The number of carbonyl (C=O) groups is 3. The van der Waals surface area contributed by atoms with Crippen LogP contribution in [-0.4, -0.2) is 61.8 Å². The standard InChI is InChI=1S/C19H21N3O5S/c1-9-11(12(21-27-9)10-7-5-4-6-8-10)15(23)20-13-16(24)22-14(18(25)26)19(2,3)28-17(13)22/h4-9,11,13-14,17H,1-3H3,(H,20,23)(H,25,26)/t9?,11?,13-,14+,17-/m1/s1. The molecule has 2 fully saturated rings. The first kappa shape index (κ1) is 18.8. The second-order valence-corrected chi connectivity index (χ2v) is 9.49. The van der Waals surface area contributed by atoms with Gasteiger partial charge in [0.15, 0.2) is 0 Å². The van der Waals surface area contributed by atoms with Crippen molar-refractivity contribution >= 4 is 35.3 Å². The Balaban J connectivity index is 1.51. The van der Waals surface area contributed by atoms with Crippen LogP contribution in [0, 0.1) is 5.92 Å². The van der Waals surface area contributed by atoms with Crippen molar-refractivity contribution in [3.63, 3.8) is 0 Å². The van der Waals surface area contributed by atoms with Crippen molar-refractivity contribution in [3.05, 3.63) is 35.9 Å². The van der Waals surface area contributed by atoms with Gasteiger partial charge in [0.25, 0.3) is 0 Å². The lowest BCUT2D eigenvalue weighted by molar-refractivity contribution is -0.161. The van der Waals surface area contributed by atoms with Gasteiger partial charge in [-0.2, -0.15) is 0 Å². The number of nitrogens with zero attached hydrogens (tertiary/aromatic N) is 2. The lowest BCUT2D eigenvalue weighted by Gasteiger charge is -2.43. The van der Waals surface area contributed by atoms with E-state index in [1.807, 2.05) is 30.3 Å². The van der Waals surface area contributed by atoms with Gasteiger partial charge in [0.05, 0.1) is 0 Å². The van der Waals surface area contributed by atoms with E-state index in [0.717, 1.165) is 5.56 Å². The average molecular weight is 403 g/mol. The zero-order valence-electron chi connectivity index (χ0n) is 15.7. The molecule has 0 aromatic heterocycles. The maximum absolute atomic E-state index is 13.0. The molecule has 0 aliphatic carbocycles. The van der Waals surface area contributed by atoms with Crippen LogP contribution in [0.5, 0.6) is 0 Å². The third kappa shape index (κ3) is 2.76. The van der Waals surface area contributed by atoms with Crippen LogP contribution < -0.4 is 5.32 Å². The second kappa shape index (κ2) is 6.51. The van der Waals surface area contributed by atoms with E-state index in [0.29, 0.717) is 5.71 Å². The molecule has 4 rings (SSSR count). The van der Waals surface area contributed by atoms with Gasteiger partial charge < -0.3 is 20.2 Å². The van der Waals surface area contributed by atoms with Crippen LogP contribution in [-0.2, 0) is 19.2 Å². The molecule has 2 saturated heterocycles. The Labute approximate surface area is 166 Å². The van der Waals surface area contributed by atoms with Gasteiger partial charge in [-0.1, -0.05) is 35.5 Å². The summed E-state index contributed by atoms with van der Waals surface area (Å²) in [5.41, 5.74) is 1.31. The largest absolute Gasteiger partial charge is 0.480 e. The minimum Gasteiger partial charge on any atom is -0.480 e. The monoisotopic (exact) mass is 403 g/mol. The summed E-state index contributed by atoms with van der Waals surface area (Å²) in [5.74, 6) is -2.38. The number of amides is 2. The zero-order valence-corrected chi connectivity index (χ0v) is 16.5. The van der Waals surface area contributed by atoms with Gasteiger partial charge in [-0.05, 0) is 20.8 Å². The molecule has 0 bridgehead atoms. The van der Waals surface area contributed by atoms with Crippen molar-refractivity contribution in [2.75, 3.05) is 0 Å². The number of rotatable bonds is 4. The minimum atomic E-state index is -1.03. The Morgan fingerprint density at radius 1 is 1.29 bits per heavy atom. The molecule has 2 amide bonds. The topological polar surface area (TPSA) is 108 Å². The van der Waals surface area contributed by atoms with Crippen LogP contribution in [0.4, 0.5) is 0 Å². The van der Waals surface area contributed by atoms with Crippen molar-refractivity contribution in [1.29, 1.82) is 0 Å². The SMILES string of the molecule is CC1ON=C(c2ccccc2)C1C(=O)N[C@@H]1C(=O)N2[C@@H]1SC(C)(C)[C@@H]2C(=O)O. The third-order valence-electron chi connectivity index (χ3n) is 5.41. The summed E-state index contributed by atoms with van der Waals surface area (Å²) in [4.78, 5) is 43.9. The maximum atomic E-state index is 13.0. The summed E-state index contributed by atoms with van der Waals surface area (Å²) in [6.45, 7) is 5.36. The van der Waals surface area contributed by atoms with Gasteiger partial charge in [-0.15, -0.1) is 11.8 Å². The normalized spacial score (nSPS) is 32.8. The molecule has 5 atom stereocenters. The number of hydrogen-bond donors (Lipinski definition) is 2. The van der Waals surface area contributed by atoms with E-state index < -0.39 is 34.8 Å². The number of carboxylic acid groups (broad SMARTS) is 1. The second-order valence-electron chi connectivity index (χ2n) is 7.72. The number of aliphatic carboxylic acids is 1. The fourth-order valence-electron chi connectivity index (χ4n) is 4.05. The van der Waals surface area contributed by atoms with Gasteiger partial charge in [0, 0.05) is 10.3 Å². The predicted molar refractivity (Wildman–Crippen MR) is 103 cm³/mol. The molecular formula is C19H21N3O5S. The van der Waals surface area contributed by atoms with Crippen LogP contribution in [0.1, 0.15) is 26.3 Å². The fourth-order valence-corrected chi connectivity index (χ4v) is 5.67. The van der Waals surface area contributed by atoms with Crippen LogP contribution in [0.2, 0.25) is 0 Å². The number of hydrogen-bond acceptors (Lipinski definition) is 6. The van der Waals surface area contributed by atoms with Crippen LogP contribution in [0.15, 0.2) is 35.5 Å². The highest BCUT2D eigenvalue weighted by Crippen LogP contribution is 2.50. The minimum absolute atomic E-state index is 0.345. The summed E-state index contributed by atoms with van der Waals surface area (Å²) in [6.07, 6.45) is -0.457. The van der Waals surface area contributed by atoms with Crippen molar-refractivity contribution < 1.29 is 24.3 Å². The van der Waals surface area contributed by atoms with Crippen molar-refractivity contribution in [1.82, 2.24) is 10.2 Å². The molecule has 0 radical (unpaired) electrons. The number of benzene rings is 1. The summed E-state index contributed by atoms with van der Waals surface area (Å²) >= 11 is 1.40. The Morgan fingerprint density at radius 2 is 1.96 bits per heavy atom. The number of nitrogens with one attached hydrogen (secondary N) is 1. The summed E-state index contributed by atoms with van der Waals surface area (Å²) in [5, 5.41) is 16.0. The highest BCUT2D eigenvalue weighted by atomic mass is 32.2. The number of fused-ring (bicyclic) bond motifs is 1. The van der Waals surface area contributed by atoms with E-state index in [9.17, 15) is 19.5 Å².